The Bertz CT molecular complexity index is 761. The first-order valence-corrected chi connectivity index (χ1v) is 8.34. The summed E-state index contributed by atoms with van der Waals surface area (Å²) in [7, 11) is 3.21. The second-order valence-corrected chi connectivity index (χ2v) is 6.29. The molecule has 1 heterocycles. The maximum Gasteiger partial charge on any atom is 0.326 e. The Morgan fingerprint density at radius 1 is 1.00 bits per heavy atom. The van der Waals surface area contributed by atoms with Crippen LogP contribution in [0.4, 0.5) is 4.79 Å². The van der Waals surface area contributed by atoms with Gasteiger partial charge < -0.3 is 9.64 Å². The third-order valence-corrected chi connectivity index (χ3v) is 4.56. The third kappa shape index (κ3) is 3.82. The molecule has 0 saturated carbocycles. The monoisotopic (exact) mass is 338 g/mol. The molecule has 1 atom stereocenters. The zero-order chi connectivity index (χ0) is 17.8. The van der Waals surface area contributed by atoms with E-state index in [9.17, 15) is 9.59 Å². The Hall–Kier alpha value is -2.82. The predicted molar refractivity (Wildman–Crippen MR) is 95.5 cm³/mol. The van der Waals surface area contributed by atoms with Gasteiger partial charge in [-0.2, -0.15) is 0 Å². The van der Waals surface area contributed by atoms with Crippen molar-refractivity contribution in [3.8, 4) is 5.75 Å². The topological polar surface area (TPSA) is 49.9 Å². The molecule has 1 saturated heterocycles. The fraction of sp³-hybridized carbons (Fsp3) is 0.300. The second-order valence-electron chi connectivity index (χ2n) is 6.29. The number of para-hydroxylation sites is 1. The summed E-state index contributed by atoms with van der Waals surface area (Å²) in [6, 6.07) is 17.5. The second kappa shape index (κ2) is 7.38. The van der Waals surface area contributed by atoms with Crippen LogP contribution >= 0.6 is 0 Å². The van der Waals surface area contributed by atoms with Gasteiger partial charge in [-0.15, -0.1) is 0 Å². The quantitative estimate of drug-likeness (QED) is 0.842. The van der Waals surface area contributed by atoms with Crippen LogP contribution in [0.3, 0.4) is 0 Å². The van der Waals surface area contributed by atoms with E-state index in [1.54, 1.807) is 11.9 Å². The van der Waals surface area contributed by atoms with Crippen molar-refractivity contribution in [2.75, 3.05) is 20.7 Å². The van der Waals surface area contributed by atoms with Crippen molar-refractivity contribution in [1.82, 2.24) is 9.80 Å². The highest BCUT2D eigenvalue weighted by atomic mass is 16.5. The molecule has 0 N–H and O–H groups in total. The molecule has 130 valence electrons. The van der Waals surface area contributed by atoms with Crippen molar-refractivity contribution >= 4 is 11.9 Å². The summed E-state index contributed by atoms with van der Waals surface area (Å²) >= 11 is 0. The summed E-state index contributed by atoms with van der Waals surface area (Å²) in [5.74, 6) is 0.618. The van der Waals surface area contributed by atoms with Gasteiger partial charge in [0.05, 0.1) is 12.5 Å². The van der Waals surface area contributed by atoms with Crippen molar-refractivity contribution in [2.24, 2.45) is 0 Å². The number of hydrogen-bond donors (Lipinski definition) is 0. The molecule has 0 aromatic heterocycles. The van der Waals surface area contributed by atoms with Crippen molar-refractivity contribution < 1.29 is 14.3 Å². The van der Waals surface area contributed by atoms with Gasteiger partial charge in [-0.25, -0.2) is 4.79 Å². The molecular formula is C20H22N2O3. The summed E-state index contributed by atoms with van der Waals surface area (Å²) in [6.45, 7) is 0.299. The van der Waals surface area contributed by atoms with Crippen LogP contribution in [0.25, 0.3) is 0 Å². The van der Waals surface area contributed by atoms with E-state index in [0.717, 1.165) is 22.6 Å². The third-order valence-electron chi connectivity index (χ3n) is 4.56. The van der Waals surface area contributed by atoms with Crippen LogP contribution in [0.1, 0.15) is 17.5 Å². The summed E-state index contributed by atoms with van der Waals surface area (Å²) in [4.78, 5) is 26.7. The molecule has 3 rings (SSSR count). The number of carbonyl (C=O) groups excluding carboxylic acids is 2. The summed E-state index contributed by atoms with van der Waals surface area (Å²) < 4.78 is 5.99. The SMILES string of the molecule is CN1C(=O)CC(COc2ccccc2Cc2ccccc2)N(C)C1=O. The molecule has 1 unspecified atom stereocenters. The predicted octanol–water partition coefficient (Wildman–Crippen LogP) is 2.94. The molecule has 1 aliphatic heterocycles. The smallest absolute Gasteiger partial charge is 0.326 e. The molecule has 0 aliphatic carbocycles. The van der Waals surface area contributed by atoms with Gasteiger partial charge in [-0.3, -0.25) is 9.69 Å². The standard InChI is InChI=1S/C20H22N2O3/c1-21-17(13-19(23)22(2)20(21)24)14-25-18-11-7-6-10-16(18)12-15-8-4-3-5-9-15/h3-11,17H,12-14H2,1-2H3. The van der Waals surface area contributed by atoms with E-state index < -0.39 is 0 Å². The Kier molecular flexibility index (Phi) is 5.03. The van der Waals surface area contributed by atoms with E-state index in [4.69, 9.17) is 4.74 Å². The number of nitrogens with zero attached hydrogens (tertiary/aromatic N) is 2. The minimum Gasteiger partial charge on any atom is -0.491 e. The van der Waals surface area contributed by atoms with Gasteiger partial charge in [0.1, 0.15) is 12.4 Å². The van der Waals surface area contributed by atoms with Gasteiger partial charge in [-0.1, -0.05) is 48.5 Å². The zero-order valence-electron chi connectivity index (χ0n) is 14.5. The number of ether oxygens (including phenoxy) is 1. The average Bonchev–Trinajstić information content (AvgIpc) is 2.64. The van der Waals surface area contributed by atoms with E-state index in [1.165, 1.54) is 12.6 Å². The van der Waals surface area contributed by atoms with Crippen LogP contribution in [0, 0.1) is 0 Å². The molecular weight excluding hydrogens is 316 g/mol. The number of benzene rings is 2. The zero-order valence-corrected chi connectivity index (χ0v) is 14.5. The highest BCUT2D eigenvalue weighted by Crippen LogP contribution is 2.23. The van der Waals surface area contributed by atoms with E-state index in [1.807, 2.05) is 42.5 Å². The number of hydrogen-bond acceptors (Lipinski definition) is 3. The first kappa shape index (κ1) is 17.0. The lowest BCUT2D eigenvalue weighted by atomic mass is 10.0. The van der Waals surface area contributed by atoms with E-state index in [-0.39, 0.29) is 24.4 Å². The van der Waals surface area contributed by atoms with Crippen LogP contribution < -0.4 is 4.74 Å². The van der Waals surface area contributed by atoms with Crippen LogP contribution in [-0.4, -0.2) is 48.5 Å². The van der Waals surface area contributed by atoms with Crippen molar-refractivity contribution in [3.63, 3.8) is 0 Å². The highest BCUT2D eigenvalue weighted by molar-refractivity contribution is 5.96. The largest absolute Gasteiger partial charge is 0.491 e. The number of urea groups is 1. The van der Waals surface area contributed by atoms with E-state index >= 15 is 0 Å². The Morgan fingerprint density at radius 3 is 2.44 bits per heavy atom. The van der Waals surface area contributed by atoms with Crippen LogP contribution in [0.2, 0.25) is 0 Å². The number of likely N-dealkylation sites (N-methyl/N-ethyl adjacent to an activating group) is 1. The van der Waals surface area contributed by atoms with Crippen LogP contribution in [0.5, 0.6) is 5.75 Å². The number of rotatable bonds is 5. The molecule has 0 bridgehead atoms. The van der Waals surface area contributed by atoms with Crippen molar-refractivity contribution in [3.05, 3.63) is 65.7 Å². The molecule has 25 heavy (non-hydrogen) atoms. The maximum absolute atomic E-state index is 12.0. The molecule has 3 amide bonds. The lowest BCUT2D eigenvalue weighted by Crippen LogP contribution is -2.55. The molecule has 2 aromatic rings. The Labute approximate surface area is 147 Å². The number of carbonyl (C=O) groups is 2. The van der Waals surface area contributed by atoms with Gasteiger partial charge in [0.2, 0.25) is 5.91 Å². The van der Waals surface area contributed by atoms with Crippen LogP contribution in [0.15, 0.2) is 54.6 Å². The van der Waals surface area contributed by atoms with Gasteiger partial charge in [0.15, 0.2) is 0 Å². The summed E-state index contributed by atoms with van der Waals surface area (Å²) in [5.41, 5.74) is 2.29. The number of imide groups is 1. The van der Waals surface area contributed by atoms with Gasteiger partial charge in [0, 0.05) is 20.5 Å². The molecule has 2 aromatic carbocycles. The summed E-state index contributed by atoms with van der Waals surface area (Å²) in [5, 5.41) is 0. The molecule has 1 fully saturated rings. The molecule has 1 aliphatic rings. The van der Waals surface area contributed by atoms with Gasteiger partial charge >= 0.3 is 6.03 Å². The normalized spacial score (nSPS) is 17.8. The first-order chi connectivity index (χ1) is 12.1. The van der Waals surface area contributed by atoms with Crippen LogP contribution in [-0.2, 0) is 11.2 Å². The Morgan fingerprint density at radius 2 is 1.68 bits per heavy atom. The molecule has 5 heteroatoms. The minimum absolute atomic E-state index is 0.172. The van der Waals surface area contributed by atoms with Crippen molar-refractivity contribution in [2.45, 2.75) is 18.9 Å². The minimum atomic E-state index is -0.289. The van der Waals surface area contributed by atoms with Gasteiger partial charge in [-0.05, 0) is 17.2 Å². The van der Waals surface area contributed by atoms with Gasteiger partial charge in [0.25, 0.3) is 0 Å². The fourth-order valence-electron chi connectivity index (χ4n) is 2.94. The fourth-order valence-corrected chi connectivity index (χ4v) is 2.94. The van der Waals surface area contributed by atoms with E-state index in [2.05, 4.69) is 12.1 Å². The highest BCUT2D eigenvalue weighted by Gasteiger charge is 2.34. The molecule has 0 spiro atoms. The summed E-state index contributed by atoms with van der Waals surface area (Å²) in [6.07, 6.45) is 1.05. The number of amides is 3. The molecule has 0 radical (unpaired) electrons. The molecule has 5 nitrogen and oxygen atoms in total. The van der Waals surface area contributed by atoms with Crippen molar-refractivity contribution in [1.29, 1.82) is 0 Å². The van der Waals surface area contributed by atoms with E-state index in [0.29, 0.717) is 6.61 Å². The average molecular weight is 338 g/mol. The first-order valence-electron chi connectivity index (χ1n) is 8.34. The lowest BCUT2D eigenvalue weighted by Gasteiger charge is -2.36. The Balaban J connectivity index is 1.69. The maximum atomic E-state index is 12.0. The lowest BCUT2D eigenvalue weighted by molar-refractivity contribution is -0.131.